The van der Waals surface area contributed by atoms with E-state index >= 15 is 0 Å². The standard InChI is InChI=1S/C12H21N3O4/c16-11(17)8-10-9-14(6-7-19-10)12(18)13-15-4-2-1-3-5-15/h10H,1-9H2,(H,13,18)(H,16,17). The highest BCUT2D eigenvalue weighted by Crippen LogP contribution is 2.10. The van der Waals surface area contributed by atoms with Crippen LogP contribution in [-0.2, 0) is 9.53 Å². The van der Waals surface area contributed by atoms with Gasteiger partial charge in [0.2, 0.25) is 0 Å². The molecule has 2 rings (SSSR count). The summed E-state index contributed by atoms with van der Waals surface area (Å²) in [4.78, 5) is 24.4. The number of morpholine rings is 1. The minimum absolute atomic E-state index is 0.0620. The summed E-state index contributed by atoms with van der Waals surface area (Å²) in [5.74, 6) is -0.900. The molecule has 0 saturated carbocycles. The van der Waals surface area contributed by atoms with E-state index in [9.17, 15) is 9.59 Å². The van der Waals surface area contributed by atoms with Crippen molar-refractivity contribution < 1.29 is 19.4 Å². The normalized spacial score (nSPS) is 25.1. The van der Waals surface area contributed by atoms with Crippen molar-refractivity contribution in [2.24, 2.45) is 0 Å². The quantitative estimate of drug-likeness (QED) is 0.770. The molecular weight excluding hydrogens is 250 g/mol. The number of hydrazine groups is 1. The molecule has 2 fully saturated rings. The number of carbonyl (C=O) groups excluding carboxylic acids is 1. The first-order valence-corrected chi connectivity index (χ1v) is 6.79. The maximum absolute atomic E-state index is 12.1. The predicted molar refractivity (Wildman–Crippen MR) is 67.5 cm³/mol. The van der Waals surface area contributed by atoms with Crippen LogP contribution in [0.25, 0.3) is 0 Å². The summed E-state index contributed by atoms with van der Waals surface area (Å²) in [6.07, 6.45) is 2.95. The summed E-state index contributed by atoms with van der Waals surface area (Å²) < 4.78 is 5.34. The Morgan fingerprint density at radius 2 is 1.95 bits per heavy atom. The summed E-state index contributed by atoms with van der Waals surface area (Å²) in [5.41, 5.74) is 2.88. The van der Waals surface area contributed by atoms with Crippen LogP contribution in [0.4, 0.5) is 4.79 Å². The number of carboxylic acids is 1. The smallest absolute Gasteiger partial charge is 0.332 e. The van der Waals surface area contributed by atoms with Crippen molar-refractivity contribution in [1.82, 2.24) is 15.3 Å². The topological polar surface area (TPSA) is 82.1 Å². The Hall–Kier alpha value is -1.34. The lowest BCUT2D eigenvalue weighted by molar-refractivity contribution is -0.141. The molecule has 0 bridgehead atoms. The van der Waals surface area contributed by atoms with Crippen molar-refractivity contribution in [3.05, 3.63) is 0 Å². The Bertz CT molecular complexity index is 331. The lowest BCUT2D eigenvalue weighted by Gasteiger charge is -2.35. The van der Waals surface area contributed by atoms with Crippen molar-refractivity contribution in [2.75, 3.05) is 32.8 Å². The second-order valence-electron chi connectivity index (χ2n) is 5.00. The molecule has 108 valence electrons. The average Bonchev–Trinajstić information content (AvgIpc) is 2.39. The zero-order valence-corrected chi connectivity index (χ0v) is 11.0. The molecule has 1 unspecified atom stereocenters. The molecule has 2 heterocycles. The molecule has 0 aromatic heterocycles. The van der Waals surface area contributed by atoms with Gasteiger partial charge in [0.25, 0.3) is 0 Å². The van der Waals surface area contributed by atoms with Crippen LogP contribution in [0, 0.1) is 0 Å². The highest BCUT2D eigenvalue weighted by molar-refractivity contribution is 5.74. The van der Waals surface area contributed by atoms with Gasteiger partial charge < -0.3 is 14.7 Å². The number of aliphatic carboxylic acids is 1. The largest absolute Gasteiger partial charge is 0.481 e. The Morgan fingerprint density at radius 1 is 1.21 bits per heavy atom. The van der Waals surface area contributed by atoms with Crippen LogP contribution in [0.15, 0.2) is 0 Å². The van der Waals surface area contributed by atoms with Crippen LogP contribution >= 0.6 is 0 Å². The van der Waals surface area contributed by atoms with E-state index < -0.39 is 12.1 Å². The zero-order chi connectivity index (χ0) is 13.7. The van der Waals surface area contributed by atoms with Gasteiger partial charge in [-0.25, -0.2) is 9.80 Å². The molecule has 0 aliphatic carbocycles. The number of ether oxygens (including phenoxy) is 1. The Morgan fingerprint density at radius 3 is 2.63 bits per heavy atom. The number of hydrogen-bond donors (Lipinski definition) is 2. The number of amides is 2. The van der Waals surface area contributed by atoms with Crippen molar-refractivity contribution in [3.8, 4) is 0 Å². The summed E-state index contributed by atoms with van der Waals surface area (Å²) in [5, 5.41) is 10.7. The number of nitrogens with zero attached hydrogens (tertiary/aromatic N) is 2. The number of carboxylic acid groups (broad SMARTS) is 1. The molecular formula is C12H21N3O4. The summed E-state index contributed by atoms with van der Waals surface area (Å²) >= 11 is 0. The van der Waals surface area contributed by atoms with E-state index in [4.69, 9.17) is 9.84 Å². The van der Waals surface area contributed by atoms with E-state index in [2.05, 4.69) is 5.43 Å². The molecule has 19 heavy (non-hydrogen) atoms. The third-order valence-electron chi connectivity index (χ3n) is 3.44. The highest BCUT2D eigenvalue weighted by Gasteiger charge is 2.26. The molecule has 1 atom stereocenters. The average molecular weight is 271 g/mol. The Kier molecular flexibility index (Phi) is 4.98. The second kappa shape index (κ2) is 6.72. The molecule has 7 nitrogen and oxygen atoms in total. The molecule has 0 aromatic carbocycles. The molecule has 0 aromatic rings. The number of urea groups is 1. The van der Waals surface area contributed by atoms with E-state index in [1.807, 2.05) is 5.01 Å². The van der Waals surface area contributed by atoms with Crippen LogP contribution < -0.4 is 5.43 Å². The summed E-state index contributed by atoms with van der Waals surface area (Å²) in [6.45, 7) is 3.01. The lowest BCUT2D eigenvalue weighted by atomic mass is 10.2. The van der Waals surface area contributed by atoms with E-state index in [1.54, 1.807) is 4.90 Å². The van der Waals surface area contributed by atoms with Crippen LogP contribution in [0.5, 0.6) is 0 Å². The first kappa shape index (κ1) is 14.1. The highest BCUT2D eigenvalue weighted by atomic mass is 16.5. The third-order valence-corrected chi connectivity index (χ3v) is 3.44. The van der Waals surface area contributed by atoms with Gasteiger partial charge in [0.1, 0.15) is 0 Å². The molecule has 2 amide bonds. The van der Waals surface area contributed by atoms with Gasteiger partial charge in [-0.2, -0.15) is 0 Å². The van der Waals surface area contributed by atoms with Crippen LogP contribution in [0.3, 0.4) is 0 Å². The van der Waals surface area contributed by atoms with Crippen molar-refractivity contribution in [1.29, 1.82) is 0 Å². The molecule has 2 aliphatic rings. The number of rotatable bonds is 3. The number of piperidine rings is 1. The Balaban J connectivity index is 1.79. The predicted octanol–water partition coefficient (Wildman–Crippen LogP) is 0.272. The molecule has 2 N–H and O–H groups in total. The van der Waals surface area contributed by atoms with Gasteiger partial charge in [-0.3, -0.25) is 10.2 Å². The first-order chi connectivity index (χ1) is 9.15. The molecule has 0 spiro atoms. The van der Waals surface area contributed by atoms with Gasteiger partial charge in [0.15, 0.2) is 0 Å². The van der Waals surface area contributed by atoms with Crippen LogP contribution in [-0.4, -0.2) is 65.9 Å². The van der Waals surface area contributed by atoms with Gasteiger partial charge in [0.05, 0.1) is 19.1 Å². The van der Waals surface area contributed by atoms with Crippen LogP contribution in [0.2, 0.25) is 0 Å². The lowest BCUT2D eigenvalue weighted by Crippen LogP contribution is -2.55. The van der Waals surface area contributed by atoms with Gasteiger partial charge in [-0.1, -0.05) is 6.42 Å². The second-order valence-corrected chi connectivity index (χ2v) is 5.00. The molecule has 7 heteroatoms. The monoisotopic (exact) mass is 271 g/mol. The molecule has 2 aliphatic heterocycles. The van der Waals surface area contributed by atoms with E-state index in [1.165, 1.54) is 6.42 Å². The minimum Gasteiger partial charge on any atom is -0.481 e. The van der Waals surface area contributed by atoms with Crippen LogP contribution in [0.1, 0.15) is 25.7 Å². The third kappa shape index (κ3) is 4.36. The number of carbonyl (C=O) groups is 2. The van der Waals surface area contributed by atoms with Gasteiger partial charge in [0, 0.05) is 26.2 Å². The van der Waals surface area contributed by atoms with E-state index in [0.29, 0.717) is 19.7 Å². The van der Waals surface area contributed by atoms with E-state index in [0.717, 1.165) is 25.9 Å². The minimum atomic E-state index is -0.900. The van der Waals surface area contributed by atoms with Crippen molar-refractivity contribution in [2.45, 2.75) is 31.8 Å². The summed E-state index contributed by atoms with van der Waals surface area (Å²) in [6, 6.07) is -0.152. The molecule has 0 radical (unpaired) electrons. The maximum atomic E-state index is 12.1. The van der Waals surface area contributed by atoms with Crippen molar-refractivity contribution >= 4 is 12.0 Å². The Labute approximate surface area is 112 Å². The fourth-order valence-corrected chi connectivity index (χ4v) is 2.43. The number of hydrogen-bond acceptors (Lipinski definition) is 4. The first-order valence-electron chi connectivity index (χ1n) is 6.79. The van der Waals surface area contributed by atoms with Gasteiger partial charge in [-0.05, 0) is 12.8 Å². The van der Waals surface area contributed by atoms with Gasteiger partial charge >= 0.3 is 12.0 Å². The van der Waals surface area contributed by atoms with E-state index in [-0.39, 0.29) is 12.5 Å². The fourth-order valence-electron chi connectivity index (χ4n) is 2.43. The SMILES string of the molecule is O=C(O)CC1CN(C(=O)NN2CCCCC2)CCO1. The summed E-state index contributed by atoms with van der Waals surface area (Å²) in [7, 11) is 0. The maximum Gasteiger partial charge on any atom is 0.332 e. The number of nitrogens with one attached hydrogen (secondary N) is 1. The van der Waals surface area contributed by atoms with Crippen molar-refractivity contribution in [3.63, 3.8) is 0 Å². The fraction of sp³-hybridized carbons (Fsp3) is 0.833. The van der Waals surface area contributed by atoms with Gasteiger partial charge in [-0.15, -0.1) is 0 Å². The zero-order valence-electron chi connectivity index (χ0n) is 11.0. The molecule has 2 saturated heterocycles.